The first-order valence-corrected chi connectivity index (χ1v) is 6.45. The number of benzene rings is 1. The highest BCUT2D eigenvalue weighted by atomic mass is 32.1. The maximum atomic E-state index is 12.1. The Morgan fingerprint density at radius 2 is 2.16 bits per heavy atom. The quantitative estimate of drug-likeness (QED) is 0.838. The minimum Gasteiger partial charge on any atom is -0.480 e. The first-order valence-electron chi connectivity index (χ1n) is 5.57. The zero-order valence-electron chi connectivity index (χ0n) is 9.92. The predicted octanol–water partition coefficient (Wildman–Crippen LogP) is 2.11. The molecule has 2 rings (SSSR count). The molecule has 0 radical (unpaired) electrons. The van der Waals surface area contributed by atoms with Crippen LogP contribution in [0, 0.1) is 12.3 Å². The highest BCUT2D eigenvalue weighted by Gasteiger charge is 2.21. The van der Waals surface area contributed by atoms with Gasteiger partial charge in [-0.1, -0.05) is 18.2 Å². The van der Waals surface area contributed by atoms with Gasteiger partial charge in [0.1, 0.15) is 6.04 Å². The molecule has 0 spiro atoms. The summed E-state index contributed by atoms with van der Waals surface area (Å²) in [7, 11) is 0. The van der Waals surface area contributed by atoms with Gasteiger partial charge in [-0.05, 0) is 6.07 Å². The SMILES string of the molecule is C#CCC(NC(=O)c1csc2ccccc12)C(=O)O. The number of carbonyl (C=O) groups excluding carboxylic acids is 1. The molecule has 0 aliphatic heterocycles. The fourth-order valence-corrected chi connectivity index (χ4v) is 2.65. The van der Waals surface area contributed by atoms with E-state index in [1.165, 1.54) is 11.3 Å². The molecule has 2 aromatic rings. The normalized spacial score (nSPS) is 11.7. The third-order valence-corrected chi connectivity index (χ3v) is 3.61. The number of hydrogen-bond donors (Lipinski definition) is 2. The highest BCUT2D eigenvalue weighted by molar-refractivity contribution is 7.17. The van der Waals surface area contributed by atoms with Gasteiger partial charge in [-0.25, -0.2) is 4.79 Å². The third kappa shape index (κ3) is 2.75. The largest absolute Gasteiger partial charge is 0.480 e. The minimum absolute atomic E-state index is 0.0385. The van der Waals surface area contributed by atoms with Crippen LogP contribution >= 0.6 is 11.3 Å². The second kappa shape index (κ2) is 5.55. The summed E-state index contributed by atoms with van der Waals surface area (Å²) in [6, 6.07) is 6.40. The van der Waals surface area contributed by atoms with Crippen molar-refractivity contribution in [2.24, 2.45) is 0 Å². The van der Waals surface area contributed by atoms with Gasteiger partial charge in [0.05, 0.1) is 5.56 Å². The molecule has 1 atom stereocenters. The van der Waals surface area contributed by atoms with Crippen LogP contribution in [0.2, 0.25) is 0 Å². The van der Waals surface area contributed by atoms with Crippen molar-refractivity contribution in [3.8, 4) is 12.3 Å². The van der Waals surface area contributed by atoms with Gasteiger partial charge in [0.2, 0.25) is 0 Å². The minimum atomic E-state index is -1.13. The van der Waals surface area contributed by atoms with Gasteiger partial charge >= 0.3 is 5.97 Å². The van der Waals surface area contributed by atoms with Crippen molar-refractivity contribution >= 4 is 33.3 Å². The highest BCUT2D eigenvalue weighted by Crippen LogP contribution is 2.25. The van der Waals surface area contributed by atoms with Gasteiger partial charge < -0.3 is 10.4 Å². The molecule has 0 saturated heterocycles. The first-order chi connectivity index (χ1) is 9.13. The van der Waals surface area contributed by atoms with Crippen molar-refractivity contribution in [1.29, 1.82) is 0 Å². The molecule has 19 heavy (non-hydrogen) atoms. The van der Waals surface area contributed by atoms with Crippen molar-refractivity contribution < 1.29 is 14.7 Å². The average molecular weight is 273 g/mol. The summed E-state index contributed by atoms with van der Waals surface area (Å²) in [5, 5.41) is 13.9. The van der Waals surface area contributed by atoms with Crippen LogP contribution < -0.4 is 5.32 Å². The van der Waals surface area contributed by atoms with Gasteiger partial charge in [0.15, 0.2) is 0 Å². The second-order valence-corrected chi connectivity index (χ2v) is 4.83. The Labute approximate surface area is 114 Å². The Morgan fingerprint density at radius 1 is 1.42 bits per heavy atom. The number of carboxylic acids is 1. The number of rotatable bonds is 4. The standard InChI is InChI=1S/C14H11NO3S/c1-2-5-11(14(17)18)15-13(16)10-8-19-12-7-4-3-6-9(10)12/h1,3-4,6-8,11H,5H2,(H,15,16)(H,17,18). The number of aliphatic carboxylic acids is 1. The Balaban J connectivity index is 2.25. The predicted molar refractivity (Wildman–Crippen MR) is 74.2 cm³/mol. The Bertz CT molecular complexity index is 669. The summed E-state index contributed by atoms with van der Waals surface area (Å²) < 4.78 is 0.983. The Hall–Kier alpha value is -2.32. The number of carboxylic acid groups (broad SMARTS) is 1. The molecule has 4 nitrogen and oxygen atoms in total. The van der Waals surface area contributed by atoms with Crippen molar-refractivity contribution in [3.63, 3.8) is 0 Å². The molecule has 0 saturated carbocycles. The molecule has 1 heterocycles. The zero-order chi connectivity index (χ0) is 13.8. The lowest BCUT2D eigenvalue weighted by molar-refractivity contribution is -0.139. The van der Waals surface area contributed by atoms with Gasteiger partial charge in [0, 0.05) is 21.9 Å². The molecule has 1 unspecified atom stereocenters. The summed E-state index contributed by atoms with van der Waals surface area (Å²) in [5.74, 6) is 0.694. The van der Waals surface area contributed by atoms with Crippen molar-refractivity contribution in [2.75, 3.05) is 0 Å². The van der Waals surface area contributed by atoms with Crippen LogP contribution in [0.15, 0.2) is 29.6 Å². The topological polar surface area (TPSA) is 66.4 Å². The number of nitrogens with one attached hydrogen (secondary N) is 1. The van der Waals surface area contributed by atoms with Crippen LogP contribution in [-0.2, 0) is 4.79 Å². The zero-order valence-corrected chi connectivity index (χ0v) is 10.7. The second-order valence-electron chi connectivity index (χ2n) is 3.92. The van der Waals surface area contributed by atoms with E-state index in [2.05, 4.69) is 11.2 Å². The molecule has 0 fully saturated rings. The molecule has 0 bridgehead atoms. The first kappa shape index (κ1) is 13.1. The van der Waals surface area contributed by atoms with E-state index in [0.29, 0.717) is 5.56 Å². The van der Waals surface area contributed by atoms with E-state index in [0.717, 1.165) is 10.1 Å². The van der Waals surface area contributed by atoms with Crippen molar-refractivity contribution in [3.05, 3.63) is 35.2 Å². The van der Waals surface area contributed by atoms with Crippen LogP contribution in [-0.4, -0.2) is 23.0 Å². The van der Waals surface area contributed by atoms with E-state index in [4.69, 9.17) is 11.5 Å². The van der Waals surface area contributed by atoms with Crippen molar-refractivity contribution in [2.45, 2.75) is 12.5 Å². The summed E-state index contributed by atoms with van der Waals surface area (Å²) in [6.45, 7) is 0. The van der Waals surface area contributed by atoms with E-state index >= 15 is 0 Å². The summed E-state index contributed by atoms with van der Waals surface area (Å²) in [5.41, 5.74) is 0.476. The smallest absolute Gasteiger partial charge is 0.327 e. The lowest BCUT2D eigenvalue weighted by Gasteiger charge is -2.11. The van der Waals surface area contributed by atoms with Crippen LogP contribution in [0.5, 0.6) is 0 Å². The van der Waals surface area contributed by atoms with E-state index < -0.39 is 17.9 Å². The van der Waals surface area contributed by atoms with Crippen LogP contribution in [0.25, 0.3) is 10.1 Å². The van der Waals surface area contributed by atoms with Crippen LogP contribution in [0.4, 0.5) is 0 Å². The molecule has 5 heteroatoms. The number of carbonyl (C=O) groups is 2. The Kier molecular flexibility index (Phi) is 3.83. The molecule has 0 aliphatic carbocycles. The van der Waals surface area contributed by atoms with E-state index in [-0.39, 0.29) is 6.42 Å². The molecule has 96 valence electrons. The lowest BCUT2D eigenvalue weighted by Crippen LogP contribution is -2.40. The van der Waals surface area contributed by atoms with Gasteiger partial charge in [-0.2, -0.15) is 0 Å². The van der Waals surface area contributed by atoms with E-state index in [9.17, 15) is 9.59 Å². The maximum Gasteiger partial charge on any atom is 0.327 e. The lowest BCUT2D eigenvalue weighted by atomic mass is 10.1. The fourth-order valence-electron chi connectivity index (χ4n) is 1.71. The number of fused-ring (bicyclic) bond motifs is 1. The van der Waals surface area contributed by atoms with Crippen molar-refractivity contribution in [1.82, 2.24) is 5.32 Å². The van der Waals surface area contributed by atoms with Crippen LogP contribution in [0.1, 0.15) is 16.8 Å². The number of amides is 1. The van der Waals surface area contributed by atoms with Crippen LogP contribution in [0.3, 0.4) is 0 Å². The van der Waals surface area contributed by atoms with E-state index in [1.54, 1.807) is 5.38 Å². The maximum absolute atomic E-state index is 12.1. The Morgan fingerprint density at radius 3 is 2.84 bits per heavy atom. The van der Waals surface area contributed by atoms with Gasteiger partial charge in [0.25, 0.3) is 5.91 Å². The number of terminal acetylenes is 1. The summed E-state index contributed by atoms with van der Waals surface area (Å²) in [6.07, 6.45) is 5.05. The molecule has 2 N–H and O–H groups in total. The molecule has 1 aromatic carbocycles. The van der Waals surface area contributed by atoms with Gasteiger partial charge in [-0.3, -0.25) is 4.79 Å². The third-order valence-electron chi connectivity index (χ3n) is 2.65. The monoisotopic (exact) mass is 273 g/mol. The molecule has 0 aliphatic rings. The molecular formula is C14H11NO3S. The molecule has 1 aromatic heterocycles. The summed E-state index contributed by atoms with van der Waals surface area (Å²) >= 11 is 1.44. The fraction of sp³-hybridized carbons (Fsp3) is 0.143. The number of thiophene rings is 1. The van der Waals surface area contributed by atoms with Gasteiger partial charge in [-0.15, -0.1) is 23.7 Å². The molecule has 1 amide bonds. The number of hydrogen-bond acceptors (Lipinski definition) is 3. The summed E-state index contributed by atoms with van der Waals surface area (Å²) in [4.78, 5) is 23.0. The average Bonchev–Trinajstić information content (AvgIpc) is 2.81. The molecular weight excluding hydrogens is 262 g/mol. The van der Waals surface area contributed by atoms with E-state index in [1.807, 2.05) is 24.3 Å².